The second-order valence-corrected chi connectivity index (χ2v) is 4.25. The van der Waals surface area contributed by atoms with Crippen molar-refractivity contribution in [2.24, 2.45) is 10.8 Å². The summed E-state index contributed by atoms with van der Waals surface area (Å²) in [7, 11) is 5.08. The number of rotatable bonds is 1. The molecule has 0 aliphatic carbocycles. The van der Waals surface area contributed by atoms with E-state index in [1.165, 1.54) is 4.90 Å². The molecule has 0 fully saturated rings. The topological polar surface area (TPSA) is 79.0 Å². The van der Waals surface area contributed by atoms with E-state index in [2.05, 4.69) is 5.10 Å². The molecule has 0 aromatic rings. The lowest BCUT2D eigenvalue weighted by Crippen LogP contribution is -2.59. The van der Waals surface area contributed by atoms with Crippen molar-refractivity contribution in [3.8, 4) is 0 Å². The van der Waals surface area contributed by atoms with Crippen molar-refractivity contribution >= 4 is 18.0 Å². The number of primary amides is 1. The summed E-state index contributed by atoms with van der Waals surface area (Å²) in [4.78, 5) is 26.6. The minimum absolute atomic E-state index is 0.329. The Balaban J connectivity index is 3.33. The molecule has 1 rings (SSSR count). The normalized spacial score (nSPS) is 25.0. The average Bonchev–Trinajstić information content (AvgIpc) is 2.41. The zero-order chi connectivity index (χ0) is 12.7. The van der Waals surface area contributed by atoms with Gasteiger partial charge in [-0.05, 0) is 23.5 Å². The van der Waals surface area contributed by atoms with Gasteiger partial charge in [0.15, 0.2) is 0 Å². The highest BCUT2D eigenvalue weighted by Crippen LogP contribution is 2.25. The third kappa shape index (κ3) is 1.44. The van der Waals surface area contributed by atoms with Crippen LogP contribution in [0.15, 0.2) is 5.10 Å². The van der Waals surface area contributed by atoms with Gasteiger partial charge in [-0.2, -0.15) is 0 Å². The number of carbonyl (C=O) groups excluding carboxylic acids is 2. The van der Waals surface area contributed by atoms with Gasteiger partial charge < -0.3 is 10.6 Å². The number of nitrogens with two attached hydrogens (primary N) is 1. The maximum absolute atomic E-state index is 12.1. The molecule has 0 spiro atoms. The van der Waals surface area contributed by atoms with Gasteiger partial charge in [0.05, 0.1) is 0 Å². The van der Waals surface area contributed by atoms with Crippen molar-refractivity contribution in [3.63, 3.8) is 0 Å². The summed E-state index contributed by atoms with van der Waals surface area (Å²) in [5.74, 6) is 0.428. The third-order valence-corrected chi connectivity index (χ3v) is 2.61. The van der Waals surface area contributed by atoms with Gasteiger partial charge in [0.25, 0.3) is 5.96 Å². The van der Waals surface area contributed by atoms with E-state index in [1.807, 2.05) is 0 Å². The SMILES string of the molecule is CC(C)[N+]1(C(N)=O)N=C(N(C)C)N(C)C1=O. The van der Waals surface area contributed by atoms with Crippen LogP contribution >= 0.6 is 0 Å². The number of amides is 4. The second kappa shape index (κ2) is 3.75. The highest BCUT2D eigenvalue weighted by Gasteiger charge is 2.56. The summed E-state index contributed by atoms with van der Waals surface area (Å²) in [6, 6.07) is -1.51. The number of urea groups is 2. The van der Waals surface area contributed by atoms with Crippen molar-refractivity contribution in [2.45, 2.75) is 19.9 Å². The molecule has 0 aromatic heterocycles. The number of carbonyl (C=O) groups is 2. The van der Waals surface area contributed by atoms with Crippen molar-refractivity contribution in [2.75, 3.05) is 21.1 Å². The largest absolute Gasteiger partial charge is 0.462 e. The number of quaternary nitrogens is 1. The fraction of sp³-hybridized carbons (Fsp3) is 0.667. The summed E-state index contributed by atoms with van der Waals surface area (Å²) in [6.45, 7) is 3.47. The lowest BCUT2D eigenvalue weighted by molar-refractivity contribution is -0.795. The van der Waals surface area contributed by atoms with Gasteiger partial charge in [0.1, 0.15) is 6.04 Å². The predicted molar refractivity (Wildman–Crippen MR) is 59.3 cm³/mol. The van der Waals surface area contributed by atoms with Crippen LogP contribution in [0.25, 0.3) is 0 Å². The number of hydrogen-bond donors (Lipinski definition) is 1. The molecular formula is C9H18N5O2+. The number of hydrogen-bond acceptors (Lipinski definition) is 4. The zero-order valence-corrected chi connectivity index (χ0v) is 10.3. The molecule has 16 heavy (non-hydrogen) atoms. The molecule has 1 unspecified atom stereocenters. The molecule has 1 aliphatic heterocycles. The van der Waals surface area contributed by atoms with E-state index in [-0.39, 0.29) is 6.04 Å². The van der Waals surface area contributed by atoms with Crippen LogP contribution in [0.5, 0.6) is 0 Å². The van der Waals surface area contributed by atoms with Crippen molar-refractivity contribution in [3.05, 3.63) is 0 Å². The maximum atomic E-state index is 12.1. The third-order valence-electron chi connectivity index (χ3n) is 2.61. The second-order valence-electron chi connectivity index (χ2n) is 4.25. The van der Waals surface area contributed by atoms with E-state index in [0.29, 0.717) is 5.96 Å². The van der Waals surface area contributed by atoms with Crippen LogP contribution in [0.4, 0.5) is 9.59 Å². The molecule has 0 saturated carbocycles. The molecule has 7 heteroatoms. The van der Waals surface area contributed by atoms with Gasteiger partial charge in [-0.25, -0.2) is 14.5 Å². The van der Waals surface area contributed by atoms with E-state index in [4.69, 9.17) is 5.73 Å². The van der Waals surface area contributed by atoms with Gasteiger partial charge in [-0.15, -0.1) is 0 Å². The first-order valence-electron chi connectivity index (χ1n) is 4.99. The Kier molecular flexibility index (Phi) is 2.91. The van der Waals surface area contributed by atoms with Crippen molar-refractivity contribution < 1.29 is 14.2 Å². The zero-order valence-electron chi connectivity index (χ0n) is 10.3. The fourth-order valence-electron chi connectivity index (χ4n) is 1.69. The first-order valence-corrected chi connectivity index (χ1v) is 4.99. The number of nitrogens with zero attached hydrogens (tertiary/aromatic N) is 4. The standard InChI is InChI=1S/C9H17N5O2/c1-6(2)14(7(10)15)9(16)13(5)8(11-14)12(3)4/h6H,1-5H3,(H-,10,15)/p+1. The maximum Gasteiger partial charge on any atom is 0.462 e. The van der Waals surface area contributed by atoms with Crippen LogP contribution in [0, 0.1) is 0 Å². The van der Waals surface area contributed by atoms with E-state index >= 15 is 0 Å². The van der Waals surface area contributed by atoms with Gasteiger partial charge in [0.2, 0.25) is 0 Å². The Morgan fingerprint density at radius 3 is 2.19 bits per heavy atom. The first kappa shape index (κ1) is 12.4. The molecular weight excluding hydrogens is 210 g/mol. The Bertz CT molecular complexity index is 363. The van der Waals surface area contributed by atoms with Crippen molar-refractivity contribution in [1.29, 1.82) is 0 Å². The Morgan fingerprint density at radius 1 is 1.50 bits per heavy atom. The Labute approximate surface area is 94.7 Å². The lowest BCUT2D eigenvalue weighted by atomic mass is 10.3. The van der Waals surface area contributed by atoms with Gasteiger partial charge >= 0.3 is 12.1 Å². The van der Waals surface area contributed by atoms with E-state index in [9.17, 15) is 9.59 Å². The van der Waals surface area contributed by atoms with Crippen LogP contribution < -0.4 is 5.73 Å². The Morgan fingerprint density at radius 2 is 2.00 bits per heavy atom. The van der Waals surface area contributed by atoms with Gasteiger partial charge in [-0.3, -0.25) is 0 Å². The minimum Gasteiger partial charge on any atom is -0.344 e. The van der Waals surface area contributed by atoms with Gasteiger partial charge in [-0.1, -0.05) is 0 Å². The quantitative estimate of drug-likeness (QED) is 0.650. The molecule has 1 heterocycles. The molecule has 0 radical (unpaired) electrons. The van der Waals surface area contributed by atoms with E-state index < -0.39 is 16.7 Å². The van der Waals surface area contributed by atoms with Crippen LogP contribution in [-0.4, -0.2) is 59.6 Å². The Hall–Kier alpha value is -1.63. The molecule has 0 aromatic carbocycles. The summed E-state index contributed by atoms with van der Waals surface area (Å²) in [5, 5.41) is 4.16. The number of imide groups is 1. The highest BCUT2D eigenvalue weighted by atomic mass is 16.2. The smallest absolute Gasteiger partial charge is 0.344 e. The summed E-state index contributed by atoms with van der Waals surface area (Å²) in [5.41, 5.74) is 5.31. The average molecular weight is 228 g/mol. The number of guanidine groups is 1. The molecule has 1 aliphatic rings. The highest BCUT2D eigenvalue weighted by molar-refractivity contribution is 6.00. The van der Waals surface area contributed by atoms with Crippen molar-refractivity contribution in [1.82, 2.24) is 9.80 Å². The van der Waals surface area contributed by atoms with Gasteiger partial charge in [0, 0.05) is 21.1 Å². The molecule has 2 N–H and O–H groups in total. The summed E-state index contributed by atoms with van der Waals surface area (Å²) < 4.78 is -0.704. The van der Waals surface area contributed by atoms with Crippen LogP contribution in [-0.2, 0) is 0 Å². The van der Waals surface area contributed by atoms with E-state index in [1.54, 1.807) is 39.9 Å². The monoisotopic (exact) mass is 228 g/mol. The molecule has 1 atom stereocenters. The lowest BCUT2D eigenvalue weighted by Gasteiger charge is -2.24. The minimum atomic E-state index is -0.760. The molecule has 0 saturated heterocycles. The van der Waals surface area contributed by atoms with E-state index in [0.717, 1.165) is 0 Å². The molecule has 7 nitrogen and oxygen atoms in total. The first-order chi connectivity index (χ1) is 7.25. The van der Waals surface area contributed by atoms with Crippen LogP contribution in [0.3, 0.4) is 0 Å². The molecule has 0 bridgehead atoms. The molecule has 90 valence electrons. The predicted octanol–water partition coefficient (Wildman–Crippen LogP) is 0.188. The van der Waals surface area contributed by atoms with Crippen LogP contribution in [0.2, 0.25) is 0 Å². The molecule has 4 amide bonds. The summed E-state index contributed by atoms with van der Waals surface area (Å²) in [6.07, 6.45) is 0. The van der Waals surface area contributed by atoms with Crippen LogP contribution in [0.1, 0.15) is 13.8 Å². The fourth-order valence-corrected chi connectivity index (χ4v) is 1.69. The summed E-state index contributed by atoms with van der Waals surface area (Å²) >= 11 is 0.